The molecule has 0 unspecified atom stereocenters. The molecule has 3 aliphatic heterocycles. The summed E-state index contributed by atoms with van der Waals surface area (Å²) in [5, 5.41) is 1.99. The Morgan fingerprint density at radius 3 is 1.43 bits per heavy atom. The lowest BCUT2D eigenvalue weighted by atomic mass is 9.93. The van der Waals surface area contributed by atoms with Gasteiger partial charge in [0.25, 0.3) is 0 Å². The number of benzene rings is 4. The van der Waals surface area contributed by atoms with E-state index in [4.69, 9.17) is 15.0 Å². The van der Waals surface area contributed by atoms with Gasteiger partial charge in [0.05, 0.1) is 22.8 Å². The average molecular weight is 655 g/mol. The Morgan fingerprint density at radius 2 is 0.843 bits per heavy atom. The molecular formula is C47H34N4. The largest absolute Gasteiger partial charge is 0.354 e. The molecular weight excluding hydrogens is 621 g/mol. The van der Waals surface area contributed by atoms with Gasteiger partial charge in [0.2, 0.25) is 0 Å². The maximum Gasteiger partial charge on any atom is 0.0738 e. The van der Waals surface area contributed by atoms with Crippen LogP contribution >= 0.6 is 0 Å². The van der Waals surface area contributed by atoms with Crippen LogP contribution in [0.4, 0.5) is 0 Å². The van der Waals surface area contributed by atoms with Crippen molar-refractivity contribution >= 4 is 33.7 Å². The number of pyridine rings is 1. The van der Waals surface area contributed by atoms with Crippen molar-refractivity contribution < 1.29 is 0 Å². The third-order valence-corrected chi connectivity index (χ3v) is 9.65. The van der Waals surface area contributed by atoms with E-state index < -0.39 is 0 Å². The summed E-state index contributed by atoms with van der Waals surface area (Å²) >= 11 is 0. The van der Waals surface area contributed by atoms with Crippen LogP contribution in [0.1, 0.15) is 44.5 Å². The van der Waals surface area contributed by atoms with Crippen molar-refractivity contribution in [3.8, 4) is 0 Å². The van der Waals surface area contributed by atoms with Crippen molar-refractivity contribution in [1.29, 1.82) is 0 Å². The molecule has 4 nitrogen and oxygen atoms in total. The molecule has 4 aromatic carbocycles. The van der Waals surface area contributed by atoms with Crippen LogP contribution in [0, 0.1) is 13.8 Å². The molecule has 242 valence electrons. The molecule has 3 aliphatic rings. The zero-order chi connectivity index (χ0) is 34.3. The van der Waals surface area contributed by atoms with Crippen molar-refractivity contribution in [2.45, 2.75) is 13.8 Å². The SMILES string of the molecule is Cc1ccc(C2=C3C=CC(=N3)C(c3ccc(C)cc3)=c3ccc([nH]3)=C(c3ccccc3)c3cncc(c3)C(c3ccccc3)=C3C=CC2=N3)cc1. The van der Waals surface area contributed by atoms with Gasteiger partial charge in [-0.3, -0.25) is 4.98 Å². The second-order valence-corrected chi connectivity index (χ2v) is 13.1. The normalized spacial score (nSPS) is 15.1. The van der Waals surface area contributed by atoms with Gasteiger partial charge in [0, 0.05) is 56.5 Å². The molecule has 6 aromatic rings. The first kappa shape index (κ1) is 30.4. The highest BCUT2D eigenvalue weighted by Crippen LogP contribution is 2.36. The van der Waals surface area contributed by atoms with Crippen molar-refractivity contribution in [3.63, 3.8) is 0 Å². The van der Waals surface area contributed by atoms with Crippen molar-refractivity contribution in [1.82, 2.24) is 9.97 Å². The molecule has 51 heavy (non-hydrogen) atoms. The number of hydrogen-bond donors (Lipinski definition) is 1. The maximum atomic E-state index is 5.39. The summed E-state index contributed by atoms with van der Waals surface area (Å²) in [7, 11) is 0. The smallest absolute Gasteiger partial charge is 0.0738 e. The third kappa shape index (κ3) is 5.67. The Kier molecular flexibility index (Phi) is 7.55. The van der Waals surface area contributed by atoms with E-state index in [2.05, 4.69) is 164 Å². The molecule has 1 N–H and O–H groups in total. The fourth-order valence-corrected chi connectivity index (χ4v) is 7.14. The Labute approximate surface area is 297 Å². The number of aliphatic imine (C=N–C) groups is 2. The van der Waals surface area contributed by atoms with E-state index in [1.165, 1.54) is 11.1 Å². The number of aryl methyl sites for hydroxylation is 2. The highest BCUT2D eigenvalue weighted by atomic mass is 14.8. The third-order valence-electron chi connectivity index (χ3n) is 9.65. The van der Waals surface area contributed by atoms with Crippen LogP contribution in [0.15, 0.2) is 185 Å². The quantitative estimate of drug-likeness (QED) is 0.203. The molecule has 0 radical (unpaired) electrons. The molecule has 0 saturated heterocycles. The van der Waals surface area contributed by atoms with E-state index in [1.807, 2.05) is 18.5 Å². The van der Waals surface area contributed by atoms with Gasteiger partial charge < -0.3 is 4.98 Å². The molecule has 0 fully saturated rings. The maximum absolute atomic E-state index is 5.39. The number of nitrogens with zero attached hydrogens (tertiary/aromatic N) is 3. The lowest BCUT2D eigenvalue weighted by Gasteiger charge is -2.14. The zero-order valence-corrected chi connectivity index (χ0v) is 28.4. The molecule has 8 bridgehead atoms. The predicted octanol–water partition coefficient (Wildman–Crippen LogP) is 8.68. The summed E-state index contributed by atoms with van der Waals surface area (Å²) in [6.07, 6.45) is 12.4. The minimum absolute atomic E-state index is 0.874. The molecule has 0 amide bonds. The van der Waals surface area contributed by atoms with Crippen LogP contribution < -0.4 is 10.7 Å². The number of rotatable bonds is 4. The molecule has 2 aromatic heterocycles. The minimum atomic E-state index is 0.874. The Morgan fingerprint density at radius 1 is 0.392 bits per heavy atom. The lowest BCUT2D eigenvalue weighted by Crippen LogP contribution is -2.19. The number of aromatic nitrogens is 2. The fraction of sp³-hybridized carbons (Fsp3) is 0.0426. The first-order chi connectivity index (χ1) is 25.1. The summed E-state index contributed by atoms with van der Waals surface area (Å²) in [4.78, 5) is 19.5. The summed E-state index contributed by atoms with van der Waals surface area (Å²) < 4.78 is 0. The number of nitrogens with one attached hydrogen (secondary N) is 1. The van der Waals surface area contributed by atoms with E-state index in [-0.39, 0.29) is 0 Å². The van der Waals surface area contributed by atoms with Gasteiger partial charge in [-0.1, -0.05) is 120 Å². The van der Waals surface area contributed by atoms with Gasteiger partial charge in [-0.05, 0) is 78.6 Å². The van der Waals surface area contributed by atoms with E-state index in [9.17, 15) is 0 Å². The minimum Gasteiger partial charge on any atom is -0.354 e. The van der Waals surface area contributed by atoms with Crippen molar-refractivity contribution in [2.75, 3.05) is 0 Å². The molecule has 0 saturated carbocycles. The van der Waals surface area contributed by atoms with Gasteiger partial charge in [-0.2, -0.15) is 0 Å². The van der Waals surface area contributed by atoms with Crippen LogP contribution in [0.25, 0.3) is 22.3 Å². The lowest BCUT2D eigenvalue weighted by molar-refractivity contribution is 1.23. The van der Waals surface area contributed by atoms with E-state index in [1.54, 1.807) is 0 Å². The van der Waals surface area contributed by atoms with E-state index in [0.29, 0.717) is 0 Å². The Bertz CT molecular complexity index is 2640. The Balaban J connectivity index is 1.42. The van der Waals surface area contributed by atoms with Crippen LogP contribution in [0.3, 0.4) is 0 Å². The van der Waals surface area contributed by atoms with E-state index in [0.717, 1.165) is 89.2 Å². The number of H-pyrrole nitrogens is 1. The highest BCUT2D eigenvalue weighted by molar-refractivity contribution is 6.35. The number of allylic oxidation sites excluding steroid dienone is 5. The summed E-state index contributed by atoms with van der Waals surface area (Å²) in [6, 6.07) is 45.0. The first-order valence-electron chi connectivity index (χ1n) is 17.3. The molecule has 0 atom stereocenters. The van der Waals surface area contributed by atoms with Crippen molar-refractivity contribution in [3.05, 3.63) is 231 Å². The topological polar surface area (TPSA) is 53.4 Å². The molecule has 0 spiro atoms. The number of hydrogen-bond acceptors (Lipinski definition) is 3. The van der Waals surface area contributed by atoms with Crippen LogP contribution in [-0.4, -0.2) is 21.4 Å². The fourth-order valence-electron chi connectivity index (χ4n) is 7.14. The first-order valence-corrected chi connectivity index (χ1v) is 17.3. The molecule has 0 aliphatic carbocycles. The van der Waals surface area contributed by atoms with Gasteiger partial charge in [0.1, 0.15) is 0 Å². The second-order valence-electron chi connectivity index (χ2n) is 13.1. The number of fused-ring (bicyclic) bond motifs is 6. The van der Waals surface area contributed by atoms with Crippen LogP contribution in [0.5, 0.6) is 0 Å². The summed E-state index contributed by atoms with van der Waals surface area (Å²) in [5.41, 5.74) is 16.4. The summed E-state index contributed by atoms with van der Waals surface area (Å²) in [6.45, 7) is 4.23. The van der Waals surface area contributed by atoms with Crippen LogP contribution in [0.2, 0.25) is 0 Å². The van der Waals surface area contributed by atoms with Gasteiger partial charge in [0.15, 0.2) is 0 Å². The molecule has 4 heteroatoms. The average Bonchev–Trinajstić information content (AvgIpc) is 3.95. The van der Waals surface area contributed by atoms with Gasteiger partial charge >= 0.3 is 0 Å². The number of aromatic amines is 1. The summed E-state index contributed by atoms with van der Waals surface area (Å²) in [5.74, 6) is 0. The van der Waals surface area contributed by atoms with E-state index >= 15 is 0 Å². The van der Waals surface area contributed by atoms with Crippen LogP contribution in [-0.2, 0) is 0 Å². The van der Waals surface area contributed by atoms with Gasteiger partial charge in [-0.15, -0.1) is 0 Å². The molecule has 9 rings (SSSR count). The monoisotopic (exact) mass is 654 g/mol. The predicted molar refractivity (Wildman–Crippen MR) is 210 cm³/mol. The zero-order valence-electron chi connectivity index (χ0n) is 28.4. The highest BCUT2D eigenvalue weighted by Gasteiger charge is 2.23. The van der Waals surface area contributed by atoms with Gasteiger partial charge in [-0.25, -0.2) is 9.98 Å². The Hall–Kier alpha value is -6.65. The van der Waals surface area contributed by atoms with Crippen molar-refractivity contribution in [2.24, 2.45) is 9.98 Å². The standard InChI is InChI=1S/C47H34N4/c1-30-13-17-34(18-14-30)46-40-23-21-38(49-40)44(32-9-5-3-6-10-32)36-27-37(29-48-28-36)45(33-11-7-4-8-12-33)39-22-24-41(50-39)47(43-26-25-42(46)51-43)35-19-15-31(2)16-20-35/h3-29,49H,1-2H3. The second kappa shape index (κ2) is 12.7. The molecule has 5 heterocycles.